The standard InChI is InChI=1S/C31H31ClN2O4S/c1-20(31(35)36)19-39-30(15-12-22-6-3-4-9-28(22)21(2)34-37)24-7-5-8-27(16-24)38-18-26-14-11-23-10-13-25(32)17-29(23)33-26/h3-11,13-14,16-17,20,30,37H,12,15,18-19H2,1-2H3,(H,35,36). The number of fused-ring (bicyclic) bond motifs is 1. The van der Waals surface area contributed by atoms with Crippen molar-refractivity contribution in [3.8, 4) is 5.75 Å². The van der Waals surface area contributed by atoms with Crippen LogP contribution in [0.3, 0.4) is 0 Å². The Bertz CT molecular complexity index is 1480. The summed E-state index contributed by atoms with van der Waals surface area (Å²) in [6, 6.07) is 25.4. The Morgan fingerprint density at radius 3 is 2.67 bits per heavy atom. The molecule has 0 saturated carbocycles. The molecule has 4 aromatic rings. The quantitative estimate of drug-likeness (QED) is 0.104. The average Bonchev–Trinajstić information content (AvgIpc) is 2.95. The van der Waals surface area contributed by atoms with E-state index in [1.165, 1.54) is 0 Å². The molecular formula is C31H31ClN2O4S. The smallest absolute Gasteiger partial charge is 0.307 e. The Kier molecular flexibility index (Phi) is 9.85. The molecule has 0 spiro atoms. The van der Waals surface area contributed by atoms with Crippen LogP contribution in [0.25, 0.3) is 10.9 Å². The summed E-state index contributed by atoms with van der Waals surface area (Å²) < 4.78 is 6.11. The molecular weight excluding hydrogens is 532 g/mol. The van der Waals surface area contributed by atoms with Gasteiger partial charge in [-0.05, 0) is 61.2 Å². The van der Waals surface area contributed by atoms with Gasteiger partial charge in [-0.2, -0.15) is 11.8 Å². The van der Waals surface area contributed by atoms with E-state index in [-0.39, 0.29) is 5.25 Å². The van der Waals surface area contributed by atoms with E-state index in [1.807, 2.05) is 72.8 Å². The Labute approximate surface area is 237 Å². The van der Waals surface area contributed by atoms with Crippen LogP contribution in [0, 0.1) is 5.92 Å². The van der Waals surface area contributed by atoms with Gasteiger partial charge in [0.1, 0.15) is 12.4 Å². The third-order valence-corrected chi connectivity index (χ3v) is 8.37. The van der Waals surface area contributed by atoms with Crippen molar-refractivity contribution in [2.24, 2.45) is 11.1 Å². The molecule has 2 atom stereocenters. The van der Waals surface area contributed by atoms with Crippen LogP contribution in [-0.4, -0.2) is 32.7 Å². The lowest BCUT2D eigenvalue weighted by atomic mass is 9.97. The first kappa shape index (κ1) is 28.5. The highest BCUT2D eigenvalue weighted by Crippen LogP contribution is 2.36. The lowest BCUT2D eigenvalue weighted by Crippen LogP contribution is -2.13. The number of aromatic nitrogens is 1. The van der Waals surface area contributed by atoms with Gasteiger partial charge in [-0.1, -0.05) is 72.2 Å². The number of hydrogen-bond acceptors (Lipinski definition) is 6. The molecule has 0 saturated heterocycles. The number of carboxylic acid groups (broad SMARTS) is 1. The number of nitrogens with zero attached hydrogens (tertiary/aromatic N) is 2. The van der Waals surface area contributed by atoms with Gasteiger partial charge in [-0.15, -0.1) is 0 Å². The van der Waals surface area contributed by atoms with Gasteiger partial charge in [0.2, 0.25) is 0 Å². The molecule has 39 heavy (non-hydrogen) atoms. The lowest BCUT2D eigenvalue weighted by molar-refractivity contribution is -0.140. The fourth-order valence-corrected chi connectivity index (χ4v) is 5.74. The van der Waals surface area contributed by atoms with Crippen LogP contribution in [0.4, 0.5) is 0 Å². The van der Waals surface area contributed by atoms with E-state index in [0.29, 0.717) is 23.1 Å². The highest BCUT2D eigenvalue weighted by molar-refractivity contribution is 7.99. The van der Waals surface area contributed by atoms with E-state index in [1.54, 1.807) is 25.6 Å². The molecule has 0 radical (unpaired) electrons. The number of carbonyl (C=O) groups is 1. The highest BCUT2D eigenvalue weighted by Gasteiger charge is 2.19. The van der Waals surface area contributed by atoms with E-state index in [0.717, 1.165) is 51.9 Å². The first-order valence-corrected chi connectivity index (χ1v) is 14.2. The van der Waals surface area contributed by atoms with Crippen molar-refractivity contribution in [1.82, 2.24) is 4.98 Å². The van der Waals surface area contributed by atoms with E-state index in [9.17, 15) is 15.1 Å². The van der Waals surface area contributed by atoms with Crippen LogP contribution >= 0.6 is 23.4 Å². The zero-order valence-corrected chi connectivity index (χ0v) is 23.5. The van der Waals surface area contributed by atoms with Crippen molar-refractivity contribution in [3.63, 3.8) is 0 Å². The molecule has 202 valence electrons. The molecule has 0 aliphatic heterocycles. The van der Waals surface area contributed by atoms with E-state index < -0.39 is 11.9 Å². The monoisotopic (exact) mass is 562 g/mol. The summed E-state index contributed by atoms with van der Waals surface area (Å²) >= 11 is 7.76. The van der Waals surface area contributed by atoms with E-state index in [4.69, 9.17) is 16.3 Å². The topological polar surface area (TPSA) is 92.0 Å². The predicted octanol–water partition coefficient (Wildman–Crippen LogP) is 7.79. The van der Waals surface area contributed by atoms with Crippen LogP contribution in [-0.2, 0) is 17.8 Å². The van der Waals surface area contributed by atoms with E-state index in [2.05, 4.69) is 16.2 Å². The fraction of sp³-hybridized carbons (Fsp3) is 0.258. The minimum Gasteiger partial charge on any atom is -0.487 e. The van der Waals surface area contributed by atoms with Crippen molar-refractivity contribution in [2.75, 3.05) is 5.75 Å². The number of benzene rings is 3. The zero-order chi connectivity index (χ0) is 27.8. The molecule has 0 fully saturated rings. The van der Waals surface area contributed by atoms with Crippen molar-refractivity contribution >= 4 is 45.9 Å². The number of ether oxygens (including phenoxy) is 1. The Balaban J connectivity index is 1.51. The summed E-state index contributed by atoms with van der Waals surface area (Å²) in [6.07, 6.45) is 1.53. The van der Waals surface area contributed by atoms with Gasteiger partial charge in [-0.3, -0.25) is 4.79 Å². The second-order valence-electron chi connectivity index (χ2n) is 9.44. The second kappa shape index (κ2) is 13.5. The molecule has 0 aliphatic rings. The van der Waals surface area contributed by atoms with E-state index >= 15 is 0 Å². The van der Waals surface area contributed by atoms with Gasteiger partial charge in [0.25, 0.3) is 0 Å². The normalized spacial score (nSPS) is 13.3. The van der Waals surface area contributed by atoms with Gasteiger partial charge < -0.3 is 15.1 Å². The maximum absolute atomic E-state index is 11.5. The zero-order valence-electron chi connectivity index (χ0n) is 21.9. The number of aryl methyl sites for hydroxylation is 1. The molecule has 0 aliphatic carbocycles. The number of carboxylic acids is 1. The van der Waals surface area contributed by atoms with Gasteiger partial charge in [0.05, 0.1) is 22.8 Å². The summed E-state index contributed by atoms with van der Waals surface area (Å²) in [5.74, 6) is -0.0444. The summed E-state index contributed by atoms with van der Waals surface area (Å²) in [5.41, 5.74) is 5.24. The maximum Gasteiger partial charge on any atom is 0.307 e. The third-order valence-electron chi connectivity index (χ3n) is 6.53. The second-order valence-corrected chi connectivity index (χ2v) is 11.1. The summed E-state index contributed by atoms with van der Waals surface area (Å²) in [6.45, 7) is 3.82. The first-order chi connectivity index (χ1) is 18.8. The SMILES string of the molecule is CC(=NO)c1ccccc1CCC(SCC(C)C(=O)O)c1cccc(OCc2ccc3ccc(Cl)cc3n2)c1. The van der Waals surface area contributed by atoms with Crippen LogP contribution in [0.5, 0.6) is 5.75 Å². The number of rotatable bonds is 12. The molecule has 4 rings (SSSR count). The van der Waals surface area contributed by atoms with Gasteiger partial charge >= 0.3 is 5.97 Å². The molecule has 6 nitrogen and oxygen atoms in total. The number of pyridine rings is 1. The Morgan fingerprint density at radius 2 is 1.87 bits per heavy atom. The van der Waals surface area contributed by atoms with Gasteiger partial charge in [-0.25, -0.2) is 4.98 Å². The average molecular weight is 563 g/mol. The Morgan fingerprint density at radius 1 is 1.08 bits per heavy atom. The fourth-order valence-electron chi connectivity index (χ4n) is 4.28. The maximum atomic E-state index is 11.5. The van der Waals surface area contributed by atoms with Crippen LogP contribution in [0.1, 0.15) is 47.9 Å². The predicted molar refractivity (Wildman–Crippen MR) is 158 cm³/mol. The molecule has 0 bridgehead atoms. The summed E-state index contributed by atoms with van der Waals surface area (Å²) in [4.78, 5) is 16.1. The summed E-state index contributed by atoms with van der Waals surface area (Å²) in [7, 11) is 0. The first-order valence-electron chi connectivity index (χ1n) is 12.7. The molecule has 2 N–H and O–H groups in total. The van der Waals surface area contributed by atoms with Gasteiger partial charge in [0.15, 0.2) is 0 Å². The van der Waals surface area contributed by atoms with Crippen molar-refractivity contribution in [2.45, 2.75) is 38.5 Å². The summed E-state index contributed by atoms with van der Waals surface area (Å²) in [5, 5.41) is 23.8. The largest absolute Gasteiger partial charge is 0.487 e. The molecule has 1 aromatic heterocycles. The molecule has 0 amide bonds. The number of halogens is 1. The number of oxime groups is 1. The van der Waals surface area contributed by atoms with Crippen LogP contribution in [0.15, 0.2) is 84.0 Å². The third kappa shape index (κ3) is 7.74. The number of hydrogen-bond donors (Lipinski definition) is 2. The van der Waals surface area contributed by atoms with Crippen molar-refractivity contribution in [3.05, 3.63) is 106 Å². The molecule has 3 aromatic carbocycles. The molecule has 1 heterocycles. The van der Waals surface area contributed by atoms with Crippen LogP contribution < -0.4 is 4.74 Å². The number of aliphatic carboxylic acids is 1. The van der Waals surface area contributed by atoms with Gasteiger partial charge in [0, 0.05) is 27.0 Å². The highest BCUT2D eigenvalue weighted by atomic mass is 35.5. The molecule has 8 heteroatoms. The molecule has 2 unspecified atom stereocenters. The minimum absolute atomic E-state index is 0.0516. The van der Waals surface area contributed by atoms with Crippen molar-refractivity contribution in [1.29, 1.82) is 0 Å². The Hall–Kier alpha value is -3.55. The number of thioether (sulfide) groups is 1. The lowest BCUT2D eigenvalue weighted by Gasteiger charge is -2.20. The minimum atomic E-state index is -0.803. The van der Waals surface area contributed by atoms with Crippen LogP contribution in [0.2, 0.25) is 5.02 Å². The van der Waals surface area contributed by atoms with Crippen molar-refractivity contribution < 1.29 is 19.8 Å².